The minimum absolute atomic E-state index is 0.0886. The van der Waals surface area contributed by atoms with Crippen molar-refractivity contribution in [2.24, 2.45) is 0 Å². The number of benzene rings is 2. The zero-order valence-electron chi connectivity index (χ0n) is 13.2. The summed E-state index contributed by atoms with van der Waals surface area (Å²) >= 11 is 6.80. The number of carbonyl (C=O) groups is 1. The standard InChI is InChI=1S/C18H18Br2O3/c1-18(2,3)15-10-13(20)6-9-16(15)22-11-17(21)23-14-7-4-12(19)5-8-14/h4-10H,11H2,1-3H3. The summed E-state index contributed by atoms with van der Waals surface area (Å²) in [5.74, 6) is 0.747. The van der Waals surface area contributed by atoms with Crippen molar-refractivity contribution in [3.05, 3.63) is 57.0 Å². The van der Waals surface area contributed by atoms with Crippen LogP contribution in [0.15, 0.2) is 51.4 Å². The van der Waals surface area contributed by atoms with Gasteiger partial charge in [-0.05, 0) is 47.9 Å². The molecule has 0 unspecified atom stereocenters. The van der Waals surface area contributed by atoms with Crippen molar-refractivity contribution in [1.29, 1.82) is 0 Å². The first-order valence-corrected chi connectivity index (χ1v) is 8.73. The Bertz CT molecular complexity index is 688. The lowest BCUT2D eigenvalue weighted by atomic mass is 9.86. The largest absolute Gasteiger partial charge is 0.482 e. The quantitative estimate of drug-likeness (QED) is 0.464. The molecule has 0 spiro atoms. The van der Waals surface area contributed by atoms with Crippen molar-refractivity contribution in [1.82, 2.24) is 0 Å². The fraction of sp³-hybridized carbons (Fsp3) is 0.278. The lowest BCUT2D eigenvalue weighted by Crippen LogP contribution is -2.20. The molecule has 0 aliphatic heterocycles. The minimum atomic E-state index is -0.435. The summed E-state index contributed by atoms with van der Waals surface area (Å²) in [6, 6.07) is 12.8. The van der Waals surface area contributed by atoms with E-state index in [1.807, 2.05) is 30.3 Å². The molecule has 0 amide bonds. The Balaban J connectivity index is 2.03. The van der Waals surface area contributed by atoms with Crippen molar-refractivity contribution in [3.8, 4) is 11.5 Å². The molecule has 23 heavy (non-hydrogen) atoms. The van der Waals surface area contributed by atoms with Gasteiger partial charge in [-0.25, -0.2) is 4.79 Å². The summed E-state index contributed by atoms with van der Waals surface area (Å²) < 4.78 is 12.8. The molecule has 3 nitrogen and oxygen atoms in total. The van der Waals surface area contributed by atoms with Crippen LogP contribution in [0, 0.1) is 0 Å². The van der Waals surface area contributed by atoms with Gasteiger partial charge in [0.1, 0.15) is 11.5 Å². The fourth-order valence-corrected chi connectivity index (χ4v) is 2.64. The zero-order valence-corrected chi connectivity index (χ0v) is 16.4. The molecule has 0 fully saturated rings. The second-order valence-electron chi connectivity index (χ2n) is 6.11. The topological polar surface area (TPSA) is 35.5 Å². The van der Waals surface area contributed by atoms with Gasteiger partial charge in [0.2, 0.25) is 0 Å². The van der Waals surface area contributed by atoms with E-state index >= 15 is 0 Å². The summed E-state index contributed by atoms with van der Waals surface area (Å²) in [4.78, 5) is 11.9. The number of ether oxygens (including phenoxy) is 2. The summed E-state index contributed by atoms with van der Waals surface area (Å²) in [7, 11) is 0. The first-order chi connectivity index (χ1) is 10.8. The van der Waals surface area contributed by atoms with Crippen molar-refractivity contribution in [2.75, 3.05) is 6.61 Å². The van der Waals surface area contributed by atoms with Crippen molar-refractivity contribution < 1.29 is 14.3 Å². The second kappa shape index (κ2) is 7.49. The van der Waals surface area contributed by atoms with E-state index in [1.165, 1.54) is 0 Å². The van der Waals surface area contributed by atoms with E-state index in [1.54, 1.807) is 12.1 Å². The van der Waals surface area contributed by atoms with Crippen LogP contribution in [0.25, 0.3) is 0 Å². The second-order valence-corrected chi connectivity index (χ2v) is 7.94. The zero-order chi connectivity index (χ0) is 17.0. The molecule has 0 bridgehead atoms. The Morgan fingerprint density at radius 3 is 2.22 bits per heavy atom. The molecular formula is C18H18Br2O3. The van der Waals surface area contributed by atoms with Crippen LogP contribution in [0.3, 0.4) is 0 Å². The van der Waals surface area contributed by atoms with Gasteiger partial charge in [0, 0.05) is 14.5 Å². The van der Waals surface area contributed by atoms with Gasteiger partial charge in [-0.15, -0.1) is 0 Å². The Kier molecular flexibility index (Phi) is 5.87. The van der Waals surface area contributed by atoms with Gasteiger partial charge < -0.3 is 9.47 Å². The number of carbonyl (C=O) groups excluding carboxylic acids is 1. The third-order valence-electron chi connectivity index (χ3n) is 3.14. The minimum Gasteiger partial charge on any atom is -0.482 e. The Labute approximate surface area is 153 Å². The molecule has 0 aromatic heterocycles. The van der Waals surface area contributed by atoms with Crippen LogP contribution in [0.5, 0.6) is 11.5 Å². The molecule has 5 heteroatoms. The Morgan fingerprint density at radius 1 is 1.00 bits per heavy atom. The third kappa shape index (κ3) is 5.36. The smallest absolute Gasteiger partial charge is 0.349 e. The molecule has 0 atom stereocenters. The van der Waals surface area contributed by atoms with Gasteiger partial charge in [-0.1, -0.05) is 52.6 Å². The highest BCUT2D eigenvalue weighted by atomic mass is 79.9. The van der Waals surface area contributed by atoms with Gasteiger partial charge in [0.25, 0.3) is 0 Å². The van der Waals surface area contributed by atoms with E-state index in [0.717, 1.165) is 14.5 Å². The van der Waals surface area contributed by atoms with Gasteiger partial charge >= 0.3 is 5.97 Å². The van der Waals surface area contributed by atoms with Gasteiger partial charge in [0.05, 0.1) is 0 Å². The highest BCUT2D eigenvalue weighted by Crippen LogP contribution is 2.33. The maximum absolute atomic E-state index is 11.9. The third-order valence-corrected chi connectivity index (χ3v) is 4.16. The summed E-state index contributed by atoms with van der Waals surface area (Å²) in [5, 5.41) is 0. The molecule has 0 radical (unpaired) electrons. The van der Waals surface area contributed by atoms with Crippen LogP contribution in [-0.2, 0) is 10.2 Å². The van der Waals surface area contributed by atoms with Crippen molar-refractivity contribution >= 4 is 37.8 Å². The monoisotopic (exact) mass is 440 g/mol. The highest BCUT2D eigenvalue weighted by Gasteiger charge is 2.20. The first-order valence-electron chi connectivity index (χ1n) is 7.15. The average molecular weight is 442 g/mol. The molecule has 0 saturated heterocycles. The molecule has 0 aliphatic rings. The Morgan fingerprint density at radius 2 is 1.61 bits per heavy atom. The molecule has 2 aromatic carbocycles. The molecule has 0 aliphatic carbocycles. The molecule has 0 heterocycles. The molecular weight excluding hydrogens is 424 g/mol. The van der Waals surface area contributed by atoms with E-state index < -0.39 is 5.97 Å². The van der Waals surface area contributed by atoms with Crippen LogP contribution in [0.4, 0.5) is 0 Å². The van der Waals surface area contributed by atoms with E-state index in [9.17, 15) is 4.79 Å². The maximum atomic E-state index is 11.9. The van der Waals surface area contributed by atoms with E-state index in [0.29, 0.717) is 11.5 Å². The molecule has 2 rings (SSSR count). The van der Waals surface area contributed by atoms with Gasteiger partial charge in [0.15, 0.2) is 6.61 Å². The van der Waals surface area contributed by atoms with Crippen molar-refractivity contribution in [3.63, 3.8) is 0 Å². The number of hydrogen-bond donors (Lipinski definition) is 0. The lowest BCUT2D eigenvalue weighted by molar-refractivity contribution is -0.136. The van der Waals surface area contributed by atoms with Crippen LogP contribution in [0.1, 0.15) is 26.3 Å². The lowest BCUT2D eigenvalue weighted by Gasteiger charge is -2.23. The predicted molar refractivity (Wildman–Crippen MR) is 98.1 cm³/mol. The van der Waals surface area contributed by atoms with E-state index in [4.69, 9.17) is 9.47 Å². The maximum Gasteiger partial charge on any atom is 0.349 e. The number of halogens is 2. The number of esters is 1. The Hall–Kier alpha value is -1.33. The van der Waals surface area contributed by atoms with Crippen molar-refractivity contribution in [2.45, 2.75) is 26.2 Å². The fourth-order valence-electron chi connectivity index (χ4n) is 2.01. The van der Waals surface area contributed by atoms with Crippen LogP contribution < -0.4 is 9.47 Å². The van der Waals surface area contributed by atoms with E-state index in [-0.39, 0.29) is 12.0 Å². The predicted octanol–water partition coefficient (Wildman–Crippen LogP) is 5.49. The molecule has 0 N–H and O–H groups in total. The van der Waals surface area contributed by atoms with Gasteiger partial charge in [-0.3, -0.25) is 0 Å². The first kappa shape index (κ1) is 18.0. The van der Waals surface area contributed by atoms with Crippen LogP contribution >= 0.6 is 31.9 Å². The molecule has 2 aromatic rings. The highest BCUT2D eigenvalue weighted by molar-refractivity contribution is 9.10. The summed E-state index contributed by atoms with van der Waals surface area (Å²) in [6.45, 7) is 6.16. The number of rotatable bonds is 4. The normalized spacial score (nSPS) is 11.2. The summed E-state index contributed by atoms with van der Waals surface area (Å²) in [5.41, 5.74) is 0.942. The SMILES string of the molecule is CC(C)(C)c1cc(Br)ccc1OCC(=O)Oc1ccc(Br)cc1. The average Bonchev–Trinajstić information content (AvgIpc) is 2.47. The van der Waals surface area contributed by atoms with E-state index in [2.05, 4.69) is 52.6 Å². The van der Waals surface area contributed by atoms with Gasteiger partial charge in [-0.2, -0.15) is 0 Å². The number of hydrogen-bond acceptors (Lipinski definition) is 3. The van der Waals surface area contributed by atoms with Crippen LogP contribution in [0.2, 0.25) is 0 Å². The summed E-state index contributed by atoms with van der Waals surface area (Å²) in [6.07, 6.45) is 0. The van der Waals surface area contributed by atoms with Crippen LogP contribution in [-0.4, -0.2) is 12.6 Å². The molecule has 0 saturated carbocycles. The molecule has 122 valence electrons.